The Morgan fingerprint density at radius 3 is 2.22 bits per heavy atom. The molecule has 6 rings (SSSR count). The molecule has 13 nitrogen and oxygen atoms in total. The molecule has 1 aliphatic heterocycles. The minimum absolute atomic E-state index is 0.000455. The summed E-state index contributed by atoms with van der Waals surface area (Å²) in [6.45, 7) is 1.62. The summed E-state index contributed by atoms with van der Waals surface area (Å²) in [5.41, 5.74) is 0.277. The van der Waals surface area contributed by atoms with Crippen LogP contribution in [-0.4, -0.2) is 80.1 Å². The summed E-state index contributed by atoms with van der Waals surface area (Å²) in [7, 11) is -3.75. The molecule has 3 heterocycles. The third-order valence-corrected chi connectivity index (χ3v) is 11.7. The molecule has 2 atom stereocenters. The van der Waals surface area contributed by atoms with Crippen LogP contribution < -0.4 is 5.73 Å². The van der Waals surface area contributed by atoms with Gasteiger partial charge in [0.1, 0.15) is 12.9 Å². The Morgan fingerprint density at radius 2 is 1.67 bits per heavy atom. The van der Waals surface area contributed by atoms with Crippen LogP contribution in [0, 0.1) is 10.8 Å². The number of carbonyl (C=O) groups excluding carboxylic acids is 2. The Labute approximate surface area is 332 Å². The number of halogens is 8. The number of rotatable bonds is 14. The van der Waals surface area contributed by atoms with E-state index in [9.17, 15) is 48.7 Å². The second-order valence-electron chi connectivity index (χ2n) is 15.1. The van der Waals surface area contributed by atoms with E-state index in [4.69, 9.17) is 22.1 Å². The van der Waals surface area contributed by atoms with Crippen LogP contribution in [0.4, 0.5) is 30.7 Å². The predicted molar refractivity (Wildman–Crippen MR) is 194 cm³/mol. The molecule has 0 saturated heterocycles. The quantitative estimate of drug-likeness (QED) is 0.104. The molecule has 0 unspecified atom stereocenters. The Balaban J connectivity index is 1.44. The molecule has 2 N–H and O–H groups in total. The highest BCUT2D eigenvalue weighted by molar-refractivity contribution is 7.89. The highest BCUT2D eigenvalue weighted by Gasteiger charge is 2.61. The van der Waals surface area contributed by atoms with Gasteiger partial charge in [0, 0.05) is 11.0 Å². The van der Waals surface area contributed by atoms with Crippen molar-refractivity contribution in [2.24, 2.45) is 21.6 Å². The smallest absolute Gasteiger partial charge is 0.394 e. The van der Waals surface area contributed by atoms with Crippen LogP contribution in [0.25, 0.3) is 16.8 Å². The zero-order valence-electron chi connectivity index (χ0n) is 31.1. The Morgan fingerprint density at radius 1 is 1.02 bits per heavy atom. The van der Waals surface area contributed by atoms with E-state index in [-0.39, 0.29) is 34.7 Å². The van der Waals surface area contributed by atoms with Gasteiger partial charge in [-0.25, -0.2) is 40.6 Å². The molecule has 1 saturated carbocycles. The van der Waals surface area contributed by atoms with Crippen LogP contribution in [0.5, 0.6) is 0 Å². The Kier molecular flexibility index (Phi) is 10.7. The van der Waals surface area contributed by atoms with E-state index in [0.717, 1.165) is 40.1 Å². The molecule has 2 aliphatic rings. The highest BCUT2D eigenvalue weighted by Crippen LogP contribution is 2.59. The van der Waals surface area contributed by atoms with Gasteiger partial charge in [0.05, 0.1) is 47.2 Å². The maximum atomic E-state index is 15.0. The van der Waals surface area contributed by atoms with Gasteiger partial charge >= 0.3 is 12.1 Å². The topological polar surface area (TPSA) is 168 Å². The molecule has 0 spiro atoms. The zero-order chi connectivity index (χ0) is 42.8. The van der Waals surface area contributed by atoms with Gasteiger partial charge in [-0.3, -0.25) is 14.5 Å². The lowest BCUT2D eigenvalue weighted by Crippen LogP contribution is -2.49. The van der Waals surface area contributed by atoms with E-state index < -0.39 is 94.1 Å². The number of hydrogen-bond donors (Lipinski definition) is 1. The molecule has 4 aromatic rings. The van der Waals surface area contributed by atoms with Crippen LogP contribution in [-0.2, 0) is 29.9 Å². The fourth-order valence-electron chi connectivity index (χ4n) is 6.85. The van der Waals surface area contributed by atoms with Crippen molar-refractivity contribution in [3.63, 3.8) is 0 Å². The Hall–Kier alpha value is -5.05. The molecule has 312 valence electrons. The molecule has 22 heteroatoms. The summed E-state index contributed by atoms with van der Waals surface area (Å²) in [6, 6.07) is 7.71. The fourth-order valence-corrected chi connectivity index (χ4v) is 7.57. The summed E-state index contributed by atoms with van der Waals surface area (Å²) in [5.74, 6) is -6.84. The average Bonchev–Trinajstić information content (AvgIpc) is 3.43. The van der Waals surface area contributed by atoms with Crippen LogP contribution in [0.1, 0.15) is 75.9 Å². The number of ether oxygens (including phenoxy) is 1. The molecule has 58 heavy (non-hydrogen) atoms. The monoisotopic (exact) mass is 860 g/mol. The van der Waals surface area contributed by atoms with E-state index >= 15 is 0 Å². The summed E-state index contributed by atoms with van der Waals surface area (Å²) >= 11 is 6.40. The normalized spacial score (nSPS) is 19.1. The van der Waals surface area contributed by atoms with E-state index in [2.05, 4.69) is 20.2 Å². The van der Waals surface area contributed by atoms with Crippen molar-refractivity contribution < 1.29 is 53.5 Å². The van der Waals surface area contributed by atoms with Crippen molar-refractivity contribution >= 4 is 39.5 Å². The largest absolute Gasteiger partial charge is 0.463 e. The molecular formula is C36H36ClF7N8O5S. The lowest BCUT2D eigenvalue weighted by Gasteiger charge is -2.37. The van der Waals surface area contributed by atoms with Crippen LogP contribution in [0.15, 0.2) is 66.2 Å². The molecule has 1 aliphatic carbocycles. The minimum atomic E-state index is -4.88. The van der Waals surface area contributed by atoms with E-state index in [1.54, 1.807) is 0 Å². The van der Waals surface area contributed by atoms with E-state index in [1.165, 1.54) is 54.9 Å². The summed E-state index contributed by atoms with van der Waals surface area (Å²) in [5, 5.41) is 7.52. The number of nitrogens with two attached hydrogens (primary N) is 1. The van der Waals surface area contributed by atoms with Crippen molar-refractivity contribution in [2.75, 3.05) is 12.9 Å². The first-order valence-corrected chi connectivity index (χ1v) is 19.7. The Bertz CT molecular complexity index is 2370. The number of amides is 1. The van der Waals surface area contributed by atoms with Gasteiger partial charge in [0.15, 0.2) is 17.3 Å². The SMILES string of the molecule is CC(F)(F)C1(CC(=O)OC[C@H](c2ccc(Cl)c(-n3ncnc3C(F)F)c2)N2C(=O)[C@@](CC(C)(C)C(F)(F)F)(c3ccc(-c4cnn(S(C)(=O)=O)c4)cc3)N=C2N)CC1. The standard InChI is InChI=1S/C36H36ClF7N8O5S/c1-32(2,36(42,43)44)18-35(23-8-5-20(6-9-23)22-15-47-50(16-22)58(4,55)56)30(54)51(31(45)49-35)26(17-57-27(53)14-34(11-12-34)33(3,40)41)21-7-10-24(37)25(13-21)52-29(28(38)39)46-19-48-52/h5-10,13,15-16,19,26,28H,11-12,14,17-18H2,1-4H3,(H2,45,49)/t26-,35-/m1/s1. The van der Waals surface area contributed by atoms with Gasteiger partial charge in [0.25, 0.3) is 28.3 Å². The van der Waals surface area contributed by atoms with Gasteiger partial charge in [-0.2, -0.15) is 27.5 Å². The predicted octanol–water partition coefficient (Wildman–Crippen LogP) is 6.97. The lowest BCUT2D eigenvalue weighted by atomic mass is 9.74. The van der Waals surface area contributed by atoms with E-state index in [1.807, 2.05) is 0 Å². The number of hydrogen-bond acceptors (Lipinski definition) is 10. The van der Waals surface area contributed by atoms with Crippen molar-refractivity contribution in [3.8, 4) is 16.8 Å². The van der Waals surface area contributed by atoms with Gasteiger partial charge in [-0.05, 0) is 55.0 Å². The third kappa shape index (κ3) is 7.89. The molecule has 1 fully saturated rings. The van der Waals surface area contributed by atoms with Crippen molar-refractivity contribution in [1.82, 2.24) is 28.9 Å². The van der Waals surface area contributed by atoms with Crippen molar-refractivity contribution in [1.29, 1.82) is 0 Å². The van der Waals surface area contributed by atoms with Gasteiger partial charge in [0.2, 0.25) is 0 Å². The van der Waals surface area contributed by atoms with E-state index in [0.29, 0.717) is 18.1 Å². The maximum Gasteiger partial charge on any atom is 0.394 e. The second kappa shape index (κ2) is 14.6. The number of benzene rings is 2. The van der Waals surface area contributed by atoms with Crippen molar-refractivity contribution in [2.45, 2.75) is 76.6 Å². The average molecular weight is 861 g/mol. The molecule has 2 aromatic carbocycles. The van der Waals surface area contributed by atoms with Crippen LogP contribution >= 0.6 is 11.6 Å². The fraction of sp³-hybridized carbons (Fsp3) is 0.444. The number of aliphatic imine (C=N–C) groups is 1. The number of nitrogens with zero attached hydrogens (tertiary/aromatic N) is 7. The summed E-state index contributed by atoms with van der Waals surface area (Å²) < 4.78 is 131. The summed E-state index contributed by atoms with van der Waals surface area (Å²) in [6.07, 6.45) is -5.35. The van der Waals surface area contributed by atoms with Gasteiger partial charge in [-0.1, -0.05) is 55.8 Å². The minimum Gasteiger partial charge on any atom is -0.463 e. The first kappa shape index (κ1) is 42.6. The van der Waals surface area contributed by atoms with Gasteiger partial charge < -0.3 is 10.5 Å². The molecule has 0 bridgehead atoms. The third-order valence-electron chi connectivity index (χ3n) is 10.5. The van der Waals surface area contributed by atoms with Crippen LogP contribution in [0.2, 0.25) is 5.02 Å². The number of alkyl halides is 7. The number of esters is 1. The van der Waals surface area contributed by atoms with Crippen LogP contribution in [0.3, 0.4) is 0 Å². The van der Waals surface area contributed by atoms with Crippen molar-refractivity contribution in [3.05, 3.63) is 83.2 Å². The molecule has 1 amide bonds. The number of guanidine groups is 1. The number of aromatic nitrogens is 5. The molecule has 0 radical (unpaired) electrons. The van der Waals surface area contributed by atoms with Gasteiger partial charge in [-0.15, -0.1) is 0 Å². The first-order valence-electron chi connectivity index (χ1n) is 17.4. The lowest BCUT2D eigenvalue weighted by molar-refractivity contribution is -0.218. The molecular weight excluding hydrogens is 825 g/mol. The second-order valence-corrected chi connectivity index (χ2v) is 17.3. The summed E-state index contributed by atoms with van der Waals surface area (Å²) in [4.78, 5) is 36.8. The maximum absolute atomic E-state index is 15.0. The first-order chi connectivity index (χ1) is 26.8. The highest BCUT2D eigenvalue weighted by atomic mass is 35.5. The molecule has 2 aromatic heterocycles. The zero-order valence-corrected chi connectivity index (χ0v) is 32.7. The number of carbonyl (C=O) groups is 2.